The first-order chi connectivity index (χ1) is 16.6. The summed E-state index contributed by atoms with van der Waals surface area (Å²) in [7, 11) is 1.34. The van der Waals surface area contributed by atoms with Crippen LogP contribution in [-0.2, 0) is 16.8 Å². The van der Waals surface area contributed by atoms with E-state index in [4.69, 9.17) is 13.9 Å². The number of carbonyl (C=O) groups is 1. The van der Waals surface area contributed by atoms with Crippen LogP contribution in [0.3, 0.4) is 0 Å². The van der Waals surface area contributed by atoms with Gasteiger partial charge in [-0.1, -0.05) is 57.2 Å². The summed E-state index contributed by atoms with van der Waals surface area (Å²) in [5, 5.41) is 0.474. The van der Waals surface area contributed by atoms with E-state index in [1.54, 1.807) is 18.2 Å². The number of rotatable bonds is 5. The lowest BCUT2D eigenvalue weighted by Gasteiger charge is -2.19. The minimum Gasteiger partial charge on any atom is -0.481 e. The molecule has 4 aromatic rings. The zero-order chi connectivity index (χ0) is 25.3. The van der Waals surface area contributed by atoms with Gasteiger partial charge in [0.1, 0.15) is 12.2 Å². The van der Waals surface area contributed by atoms with Gasteiger partial charge >= 0.3 is 5.97 Å². The Balaban J connectivity index is 1.81. The number of carbonyl (C=O) groups excluding carboxylic acids is 1. The minimum absolute atomic E-state index is 0.00136. The molecule has 3 aromatic carbocycles. The van der Waals surface area contributed by atoms with Crippen molar-refractivity contribution in [3.8, 4) is 17.1 Å². The smallest absolute Gasteiger partial charge is 0.337 e. The lowest BCUT2D eigenvalue weighted by molar-refractivity contribution is 0.0600. The van der Waals surface area contributed by atoms with E-state index in [9.17, 15) is 9.59 Å². The fourth-order valence-corrected chi connectivity index (χ4v) is 3.94. The van der Waals surface area contributed by atoms with Crippen molar-refractivity contribution in [1.82, 2.24) is 0 Å². The van der Waals surface area contributed by atoms with Gasteiger partial charge in [0, 0.05) is 5.56 Å². The number of hydrogen-bond acceptors (Lipinski definition) is 5. The molecule has 0 radical (unpaired) electrons. The number of hydrogen-bond donors (Lipinski definition) is 0. The monoisotopic (exact) mass is 470 g/mol. The molecule has 1 aromatic heterocycles. The highest BCUT2D eigenvalue weighted by Gasteiger charge is 2.20. The first-order valence-electron chi connectivity index (χ1n) is 11.6. The van der Waals surface area contributed by atoms with Crippen LogP contribution in [-0.4, -0.2) is 13.1 Å². The second-order valence-electron chi connectivity index (χ2n) is 9.83. The fourth-order valence-electron chi connectivity index (χ4n) is 3.94. The summed E-state index contributed by atoms with van der Waals surface area (Å²) < 4.78 is 17.2. The molecule has 0 bridgehead atoms. The molecule has 0 aliphatic carbocycles. The highest BCUT2D eigenvalue weighted by molar-refractivity contribution is 5.89. The molecule has 5 heteroatoms. The summed E-state index contributed by atoms with van der Waals surface area (Å²) in [6.07, 6.45) is 0. The third kappa shape index (κ3) is 4.99. The third-order valence-corrected chi connectivity index (χ3v) is 6.21. The second-order valence-corrected chi connectivity index (χ2v) is 9.83. The van der Waals surface area contributed by atoms with Crippen LogP contribution in [0.15, 0.2) is 69.9 Å². The Morgan fingerprint density at radius 1 is 0.943 bits per heavy atom. The van der Waals surface area contributed by atoms with E-state index < -0.39 is 5.97 Å². The maximum Gasteiger partial charge on any atom is 0.337 e. The molecule has 0 saturated carbocycles. The zero-order valence-corrected chi connectivity index (χ0v) is 21.0. The molecule has 0 saturated heterocycles. The van der Waals surface area contributed by atoms with Crippen molar-refractivity contribution in [2.45, 2.75) is 46.6 Å². The van der Waals surface area contributed by atoms with E-state index in [0.29, 0.717) is 22.3 Å². The molecule has 0 aliphatic rings. The Labute approximate surface area is 205 Å². The standard InChI is InChI=1S/C30H30O5/c1-18-14-24-25(15-19(18)2)35-27(21-10-12-23(13-11-21)30(3,4)5)28(26(24)31)34-17-20-8-7-9-22(16-20)29(32)33-6/h7-16H,17H2,1-6H3. The lowest BCUT2D eigenvalue weighted by Crippen LogP contribution is -2.12. The van der Waals surface area contributed by atoms with Gasteiger partial charge in [-0.25, -0.2) is 4.79 Å². The molecule has 0 fully saturated rings. The predicted molar refractivity (Wildman–Crippen MR) is 138 cm³/mol. The van der Waals surface area contributed by atoms with E-state index in [2.05, 4.69) is 20.8 Å². The van der Waals surface area contributed by atoms with Gasteiger partial charge in [-0.2, -0.15) is 0 Å². The Bertz CT molecular complexity index is 1450. The minimum atomic E-state index is -0.428. The topological polar surface area (TPSA) is 65.7 Å². The van der Waals surface area contributed by atoms with E-state index in [0.717, 1.165) is 22.3 Å². The molecule has 180 valence electrons. The van der Waals surface area contributed by atoms with Crippen LogP contribution >= 0.6 is 0 Å². The average molecular weight is 471 g/mol. The molecule has 5 nitrogen and oxygen atoms in total. The molecular weight excluding hydrogens is 440 g/mol. The Morgan fingerprint density at radius 2 is 1.63 bits per heavy atom. The van der Waals surface area contributed by atoms with E-state index >= 15 is 0 Å². The van der Waals surface area contributed by atoms with Crippen LogP contribution in [0.2, 0.25) is 0 Å². The fraction of sp³-hybridized carbons (Fsp3) is 0.267. The molecule has 0 atom stereocenters. The van der Waals surface area contributed by atoms with Crippen LogP contribution in [0, 0.1) is 13.8 Å². The van der Waals surface area contributed by atoms with Gasteiger partial charge in [0.2, 0.25) is 11.2 Å². The number of ether oxygens (including phenoxy) is 2. The first kappa shape index (κ1) is 24.3. The van der Waals surface area contributed by atoms with Crippen LogP contribution in [0.1, 0.15) is 53.4 Å². The van der Waals surface area contributed by atoms with Crippen molar-refractivity contribution in [3.05, 3.63) is 98.7 Å². The van der Waals surface area contributed by atoms with Crippen molar-refractivity contribution < 1.29 is 18.7 Å². The second kappa shape index (κ2) is 9.41. The number of benzene rings is 3. The quantitative estimate of drug-likeness (QED) is 0.302. The zero-order valence-electron chi connectivity index (χ0n) is 21.0. The predicted octanol–water partition coefficient (Wildman–Crippen LogP) is 6.74. The lowest BCUT2D eigenvalue weighted by atomic mass is 9.86. The van der Waals surface area contributed by atoms with Crippen molar-refractivity contribution in [2.75, 3.05) is 7.11 Å². The highest BCUT2D eigenvalue weighted by Crippen LogP contribution is 2.34. The molecule has 0 spiro atoms. The molecule has 35 heavy (non-hydrogen) atoms. The summed E-state index contributed by atoms with van der Waals surface area (Å²) in [6, 6.07) is 18.7. The van der Waals surface area contributed by atoms with Gasteiger partial charge in [0.05, 0.1) is 18.1 Å². The maximum atomic E-state index is 13.6. The SMILES string of the molecule is COC(=O)c1cccc(COc2c(-c3ccc(C(C)(C)C)cc3)oc3cc(C)c(C)cc3c2=O)c1. The van der Waals surface area contributed by atoms with Crippen molar-refractivity contribution in [3.63, 3.8) is 0 Å². The van der Waals surface area contributed by atoms with Crippen LogP contribution < -0.4 is 10.2 Å². The summed E-state index contributed by atoms with van der Waals surface area (Å²) >= 11 is 0. The average Bonchev–Trinajstić information content (AvgIpc) is 2.84. The van der Waals surface area contributed by atoms with Gasteiger partial charge in [0.15, 0.2) is 5.76 Å². The van der Waals surface area contributed by atoms with E-state index in [1.807, 2.05) is 56.3 Å². The van der Waals surface area contributed by atoms with Gasteiger partial charge in [-0.05, 0) is 65.8 Å². The van der Waals surface area contributed by atoms with E-state index in [-0.39, 0.29) is 23.2 Å². The van der Waals surface area contributed by atoms with Gasteiger partial charge < -0.3 is 13.9 Å². The molecular formula is C30H30O5. The summed E-state index contributed by atoms with van der Waals surface area (Å²) in [6.45, 7) is 10.5. The van der Waals surface area contributed by atoms with Crippen LogP contribution in [0.4, 0.5) is 0 Å². The first-order valence-corrected chi connectivity index (χ1v) is 11.6. The molecule has 0 unspecified atom stereocenters. The molecule has 1 heterocycles. The van der Waals surface area contributed by atoms with Gasteiger partial charge in [-0.15, -0.1) is 0 Å². The number of esters is 1. The van der Waals surface area contributed by atoms with Crippen LogP contribution in [0.5, 0.6) is 5.75 Å². The number of fused-ring (bicyclic) bond motifs is 1. The summed E-state index contributed by atoms with van der Waals surface area (Å²) in [5.41, 5.74) is 5.44. The Hall–Kier alpha value is -3.86. The van der Waals surface area contributed by atoms with Crippen molar-refractivity contribution in [2.24, 2.45) is 0 Å². The molecule has 0 N–H and O–H groups in total. The van der Waals surface area contributed by atoms with Gasteiger partial charge in [-0.3, -0.25) is 4.79 Å². The summed E-state index contributed by atoms with van der Waals surface area (Å²) in [4.78, 5) is 25.5. The van der Waals surface area contributed by atoms with Crippen molar-refractivity contribution >= 4 is 16.9 Å². The molecule has 4 rings (SSSR count). The molecule has 0 amide bonds. The Morgan fingerprint density at radius 3 is 2.29 bits per heavy atom. The molecule has 0 aliphatic heterocycles. The Kier molecular flexibility index (Phi) is 6.53. The number of methoxy groups -OCH3 is 1. The normalized spacial score (nSPS) is 11.5. The van der Waals surface area contributed by atoms with Crippen molar-refractivity contribution in [1.29, 1.82) is 0 Å². The van der Waals surface area contributed by atoms with Crippen LogP contribution in [0.25, 0.3) is 22.3 Å². The number of aryl methyl sites for hydroxylation is 2. The summed E-state index contributed by atoms with van der Waals surface area (Å²) in [5.74, 6) is 0.102. The van der Waals surface area contributed by atoms with Gasteiger partial charge in [0.25, 0.3) is 0 Å². The largest absolute Gasteiger partial charge is 0.481 e. The highest BCUT2D eigenvalue weighted by atomic mass is 16.5. The third-order valence-electron chi connectivity index (χ3n) is 6.21. The maximum absolute atomic E-state index is 13.6. The van der Waals surface area contributed by atoms with E-state index in [1.165, 1.54) is 12.7 Å².